The molecule has 0 unspecified atom stereocenters. The number of hydrogen-bond donors (Lipinski definition) is 0. The third-order valence-electron chi connectivity index (χ3n) is 2.26. The lowest BCUT2D eigenvalue weighted by Gasteiger charge is -1.92. The monoisotopic (exact) mass is 193 g/mol. The highest BCUT2D eigenvalue weighted by Gasteiger charge is 1.83. The van der Waals surface area contributed by atoms with Gasteiger partial charge in [-0.05, 0) is 25.3 Å². The van der Waals surface area contributed by atoms with E-state index >= 15 is 0 Å². The zero-order chi connectivity index (χ0) is 10.5. The van der Waals surface area contributed by atoms with E-state index in [2.05, 4.69) is 38.2 Å². The normalized spacial score (nSPS) is 11.9. The van der Waals surface area contributed by atoms with E-state index < -0.39 is 0 Å². The molecule has 0 spiro atoms. The summed E-state index contributed by atoms with van der Waals surface area (Å²) in [5, 5.41) is 0. The summed E-state index contributed by atoms with van der Waals surface area (Å²) in [4.78, 5) is 0. The topological polar surface area (TPSA) is 0 Å². The van der Waals surface area contributed by atoms with Crippen LogP contribution < -0.4 is 0 Å². The lowest BCUT2D eigenvalue weighted by molar-refractivity contribution is 0.674. The first kappa shape index (κ1) is 13.5. The Balaban J connectivity index is 3.14. The van der Waals surface area contributed by atoms with Crippen LogP contribution in [0.5, 0.6) is 0 Å². The Morgan fingerprint density at radius 3 is 2.36 bits per heavy atom. The predicted molar refractivity (Wildman–Crippen MR) is 65.2 cm³/mol. The van der Waals surface area contributed by atoms with Gasteiger partial charge >= 0.3 is 0 Å². The molecule has 14 heavy (non-hydrogen) atoms. The van der Waals surface area contributed by atoms with Crippen molar-refractivity contribution in [2.75, 3.05) is 0 Å². The molecule has 0 amide bonds. The molecule has 0 atom stereocenters. The molecule has 0 fully saturated rings. The molecule has 0 bridgehead atoms. The van der Waals surface area contributed by atoms with E-state index in [4.69, 9.17) is 0 Å². The molecular formula is C14H25. The summed E-state index contributed by atoms with van der Waals surface area (Å²) in [5.41, 5.74) is 0. The molecule has 0 saturated carbocycles. The molecule has 81 valence electrons. The van der Waals surface area contributed by atoms with Crippen LogP contribution in [-0.2, 0) is 0 Å². The molecule has 0 N–H and O–H groups in total. The van der Waals surface area contributed by atoms with Crippen molar-refractivity contribution in [3.05, 3.63) is 24.3 Å². The number of unbranched alkanes of at least 4 members (excludes halogenated alkanes) is 6. The Morgan fingerprint density at radius 1 is 0.857 bits per heavy atom. The fraction of sp³-hybridized carbons (Fsp3) is 0.714. The highest BCUT2D eigenvalue weighted by Crippen LogP contribution is 2.02. The van der Waals surface area contributed by atoms with Crippen molar-refractivity contribution in [2.45, 2.75) is 65.2 Å². The van der Waals surface area contributed by atoms with E-state index in [-0.39, 0.29) is 0 Å². The van der Waals surface area contributed by atoms with E-state index in [1.54, 1.807) is 0 Å². The van der Waals surface area contributed by atoms with Gasteiger partial charge < -0.3 is 0 Å². The molecule has 0 rings (SSSR count). The van der Waals surface area contributed by atoms with E-state index in [1.165, 1.54) is 51.4 Å². The van der Waals surface area contributed by atoms with Crippen molar-refractivity contribution in [2.24, 2.45) is 0 Å². The summed E-state index contributed by atoms with van der Waals surface area (Å²) in [6.07, 6.45) is 20.0. The van der Waals surface area contributed by atoms with Crippen molar-refractivity contribution < 1.29 is 0 Å². The van der Waals surface area contributed by atoms with Gasteiger partial charge in [0.05, 0.1) is 0 Å². The van der Waals surface area contributed by atoms with Crippen molar-refractivity contribution in [1.29, 1.82) is 0 Å². The van der Waals surface area contributed by atoms with E-state index in [0.29, 0.717) is 0 Å². The van der Waals surface area contributed by atoms with E-state index in [0.717, 1.165) is 0 Å². The Hall–Kier alpha value is -0.520. The highest BCUT2D eigenvalue weighted by molar-refractivity contribution is 4.94. The second kappa shape index (κ2) is 12.5. The average Bonchev–Trinajstić information content (AvgIpc) is 2.21. The van der Waals surface area contributed by atoms with Crippen LogP contribution in [0.25, 0.3) is 0 Å². The molecule has 0 nitrogen and oxygen atoms in total. The second-order valence-corrected chi connectivity index (χ2v) is 3.76. The van der Waals surface area contributed by atoms with E-state index in [1.807, 2.05) is 0 Å². The molecule has 0 aromatic carbocycles. The van der Waals surface area contributed by atoms with E-state index in [9.17, 15) is 0 Å². The third kappa shape index (κ3) is 11.5. The number of rotatable bonds is 9. The molecule has 0 heteroatoms. The second-order valence-electron chi connectivity index (χ2n) is 3.76. The summed E-state index contributed by atoms with van der Waals surface area (Å²) >= 11 is 0. The Labute approximate surface area is 90.1 Å². The fourth-order valence-electron chi connectivity index (χ4n) is 1.30. The van der Waals surface area contributed by atoms with Gasteiger partial charge in [0.15, 0.2) is 0 Å². The Morgan fingerprint density at radius 2 is 1.64 bits per heavy atom. The van der Waals surface area contributed by atoms with Crippen molar-refractivity contribution in [3.8, 4) is 0 Å². The molecule has 0 aromatic heterocycles. The summed E-state index contributed by atoms with van der Waals surface area (Å²) < 4.78 is 0. The molecule has 0 aliphatic carbocycles. The first-order chi connectivity index (χ1) is 6.91. The van der Waals surface area contributed by atoms with Crippen LogP contribution in [-0.4, -0.2) is 0 Å². The predicted octanol–water partition coefficient (Wildman–Crippen LogP) is 5.06. The lowest BCUT2D eigenvalue weighted by atomic mass is 10.1. The smallest absolute Gasteiger partial charge is 0.0230 e. The van der Waals surface area contributed by atoms with Gasteiger partial charge in [-0.25, -0.2) is 0 Å². The summed E-state index contributed by atoms with van der Waals surface area (Å²) in [6, 6.07) is 0. The fourth-order valence-corrected chi connectivity index (χ4v) is 1.30. The van der Waals surface area contributed by atoms with Gasteiger partial charge in [-0.2, -0.15) is 0 Å². The maximum Gasteiger partial charge on any atom is -0.0230 e. The zero-order valence-electron chi connectivity index (χ0n) is 9.89. The van der Waals surface area contributed by atoms with Gasteiger partial charge in [0.2, 0.25) is 0 Å². The van der Waals surface area contributed by atoms with Crippen molar-refractivity contribution in [1.82, 2.24) is 0 Å². The first-order valence-corrected chi connectivity index (χ1v) is 6.14. The Bertz CT molecular complexity index is 142. The molecule has 0 saturated heterocycles. The minimum absolute atomic E-state index is 1.19. The first-order valence-electron chi connectivity index (χ1n) is 6.14. The largest absolute Gasteiger partial charge is 0.0839 e. The third-order valence-corrected chi connectivity index (χ3v) is 2.26. The van der Waals surface area contributed by atoms with Gasteiger partial charge in [-0.1, -0.05) is 64.2 Å². The maximum absolute atomic E-state index is 3.22. The van der Waals surface area contributed by atoms with Crippen LogP contribution in [0.15, 0.2) is 18.2 Å². The van der Waals surface area contributed by atoms with Crippen LogP contribution in [0.4, 0.5) is 0 Å². The SMILES string of the molecule is CCCCC=C/[C]=C/CCCCCC. The molecule has 0 heterocycles. The molecule has 0 aliphatic heterocycles. The number of allylic oxidation sites excluding steroid dienone is 4. The van der Waals surface area contributed by atoms with Crippen LogP contribution in [0, 0.1) is 6.08 Å². The van der Waals surface area contributed by atoms with Gasteiger partial charge in [0.25, 0.3) is 0 Å². The van der Waals surface area contributed by atoms with Gasteiger partial charge in [0.1, 0.15) is 0 Å². The number of hydrogen-bond acceptors (Lipinski definition) is 0. The van der Waals surface area contributed by atoms with Crippen LogP contribution >= 0.6 is 0 Å². The zero-order valence-corrected chi connectivity index (χ0v) is 9.89. The van der Waals surface area contributed by atoms with Crippen molar-refractivity contribution in [3.63, 3.8) is 0 Å². The van der Waals surface area contributed by atoms with Crippen molar-refractivity contribution >= 4 is 0 Å². The molecule has 1 radical (unpaired) electrons. The van der Waals surface area contributed by atoms with Crippen LogP contribution in [0.2, 0.25) is 0 Å². The standard InChI is InChI=1S/C14H25/c1-3-5-7-9-11-13-14-12-10-8-6-4-2/h9,11,14H,3-8,10,12H2,1-2H3. The van der Waals surface area contributed by atoms with Gasteiger partial charge in [-0.15, -0.1) is 0 Å². The molecule has 0 aliphatic rings. The van der Waals surface area contributed by atoms with Gasteiger partial charge in [0, 0.05) is 0 Å². The summed E-state index contributed by atoms with van der Waals surface area (Å²) in [7, 11) is 0. The summed E-state index contributed by atoms with van der Waals surface area (Å²) in [6.45, 7) is 4.47. The maximum atomic E-state index is 3.22. The average molecular weight is 193 g/mol. The van der Waals surface area contributed by atoms with Gasteiger partial charge in [-0.3, -0.25) is 0 Å². The lowest BCUT2D eigenvalue weighted by Crippen LogP contribution is -1.73. The van der Waals surface area contributed by atoms with Crippen LogP contribution in [0.3, 0.4) is 0 Å². The minimum Gasteiger partial charge on any atom is -0.0839 e. The van der Waals surface area contributed by atoms with Crippen LogP contribution in [0.1, 0.15) is 65.2 Å². The Kier molecular flexibility index (Phi) is 12.0. The molecule has 0 aromatic rings. The summed E-state index contributed by atoms with van der Waals surface area (Å²) in [5.74, 6) is 0. The molecular weight excluding hydrogens is 168 g/mol. The quantitative estimate of drug-likeness (QED) is 0.354. The minimum atomic E-state index is 1.19. The highest BCUT2D eigenvalue weighted by atomic mass is 13.9.